The summed E-state index contributed by atoms with van der Waals surface area (Å²) in [6.45, 7) is 5.90. The van der Waals surface area contributed by atoms with Crippen molar-refractivity contribution in [3.05, 3.63) is 110 Å². The highest BCUT2D eigenvalue weighted by atomic mass is 35.5. The normalized spacial score (nSPS) is 16.1. The first-order valence-electron chi connectivity index (χ1n) is 11.3. The number of imidazole rings is 1. The highest BCUT2D eigenvalue weighted by Gasteiger charge is 2.30. The van der Waals surface area contributed by atoms with Crippen LogP contribution in [0.5, 0.6) is 0 Å². The molecule has 1 unspecified atom stereocenters. The van der Waals surface area contributed by atoms with Crippen LogP contribution in [0.2, 0.25) is 10.2 Å². The monoisotopic (exact) mass is 475 g/mol. The summed E-state index contributed by atoms with van der Waals surface area (Å²) in [6.07, 6.45) is 1.01. The Hall–Kier alpha value is -2.59. The minimum Gasteiger partial charge on any atom is -0.329 e. The molecule has 5 heteroatoms. The van der Waals surface area contributed by atoms with E-state index >= 15 is 0 Å². The average Bonchev–Trinajstić information content (AvgIpc) is 3.07. The molecule has 0 spiro atoms. The Bertz CT molecular complexity index is 1300. The maximum Gasteiger partial charge on any atom is 0.152 e. The van der Waals surface area contributed by atoms with Crippen LogP contribution in [-0.2, 0) is 20.0 Å². The van der Waals surface area contributed by atoms with Crippen LogP contribution in [-0.4, -0.2) is 21.0 Å². The third-order valence-corrected chi connectivity index (χ3v) is 7.31. The summed E-state index contributed by atoms with van der Waals surface area (Å²) in [6, 6.07) is 23.4. The third kappa shape index (κ3) is 4.10. The van der Waals surface area contributed by atoms with E-state index in [1.807, 2.05) is 12.1 Å². The molecule has 1 atom stereocenters. The predicted molar refractivity (Wildman–Crippen MR) is 137 cm³/mol. The third-order valence-electron chi connectivity index (χ3n) is 6.77. The zero-order valence-electron chi connectivity index (χ0n) is 19.1. The van der Waals surface area contributed by atoms with Gasteiger partial charge in [-0.25, -0.2) is 4.98 Å². The molecular formula is C28H27Cl2N3. The molecule has 0 N–H and O–H groups in total. The molecule has 0 radical (unpaired) electrons. The Morgan fingerprint density at radius 3 is 2.42 bits per heavy atom. The molecule has 33 heavy (non-hydrogen) atoms. The van der Waals surface area contributed by atoms with Crippen molar-refractivity contribution in [2.24, 2.45) is 7.05 Å². The summed E-state index contributed by atoms with van der Waals surface area (Å²) < 4.78 is 2.16. The van der Waals surface area contributed by atoms with Crippen LogP contribution < -0.4 is 0 Å². The van der Waals surface area contributed by atoms with Gasteiger partial charge in [-0.15, -0.1) is 0 Å². The second-order valence-corrected chi connectivity index (χ2v) is 9.67. The largest absolute Gasteiger partial charge is 0.329 e. The molecule has 0 amide bonds. The van der Waals surface area contributed by atoms with Crippen LogP contribution in [0, 0.1) is 13.8 Å². The standard InChI is InChI=1S/C28H27Cl2N3/c1-18-8-6-9-19(2)25(18)28-31-27(30)24(32(28)3)17-33-15-14-20-10-4-5-13-23(20)26(33)21-11-7-12-22(29)16-21/h4-13,16,26H,14-15,17H2,1-3H3. The van der Waals surface area contributed by atoms with Gasteiger partial charge in [-0.3, -0.25) is 4.90 Å². The number of fused-ring (bicyclic) bond motifs is 1. The lowest BCUT2D eigenvalue weighted by molar-refractivity contribution is 0.200. The molecule has 0 aliphatic carbocycles. The fourth-order valence-electron chi connectivity index (χ4n) is 5.11. The Kier molecular flexibility index (Phi) is 6.05. The van der Waals surface area contributed by atoms with Gasteiger partial charge in [0, 0.05) is 30.7 Å². The van der Waals surface area contributed by atoms with E-state index in [2.05, 4.69) is 85.0 Å². The van der Waals surface area contributed by atoms with E-state index < -0.39 is 0 Å². The summed E-state index contributed by atoms with van der Waals surface area (Å²) in [5.74, 6) is 0.919. The van der Waals surface area contributed by atoms with Gasteiger partial charge in [0.1, 0.15) is 5.82 Å². The Labute approximate surface area is 205 Å². The summed E-state index contributed by atoms with van der Waals surface area (Å²) in [5, 5.41) is 1.32. The fourth-order valence-corrected chi connectivity index (χ4v) is 5.57. The van der Waals surface area contributed by atoms with E-state index in [-0.39, 0.29) is 6.04 Å². The first-order valence-corrected chi connectivity index (χ1v) is 12.0. The Morgan fingerprint density at radius 1 is 0.939 bits per heavy atom. The van der Waals surface area contributed by atoms with Crippen LogP contribution >= 0.6 is 23.2 Å². The quantitative estimate of drug-likeness (QED) is 0.312. The van der Waals surface area contributed by atoms with Crippen molar-refractivity contribution in [2.45, 2.75) is 32.9 Å². The zero-order valence-corrected chi connectivity index (χ0v) is 20.7. The van der Waals surface area contributed by atoms with Crippen LogP contribution in [0.3, 0.4) is 0 Å². The molecule has 3 aromatic carbocycles. The van der Waals surface area contributed by atoms with E-state index in [0.717, 1.165) is 35.1 Å². The molecule has 2 heterocycles. The van der Waals surface area contributed by atoms with Gasteiger partial charge in [0.25, 0.3) is 0 Å². The molecule has 0 fully saturated rings. The van der Waals surface area contributed by atoms with E-state index in [9.17, 15) is 0 Å². The summed E-state index contributed by atoms with van der Waals surface area (Å²) >= 11 is 13.2. The van der Waals surface area contributed by atoms with Gasteiger partial charge in [0.2, 0.25) is 0 Å². The molecule has 4 aromatic rings. The van der Waals surface area contributed by atoms with Crippen molar-refractivity contribution in [3.63, 3.8) is 0 Å². The van der Waals surface area contributed by atoms with E-state index in [0.29, 0.717) is 11.7 Å². The molecule has 1 aliphatic heterocycles. The van der Waals surface area contributed by atoms with Crippen molar-refractivity contribution < 1.29 is 0 Å². The number of hydrogen-bond acceptors (Lipinski definition) is 2. The van der Waals surface area contributed by atoms with Crippen molar-refractivity contribution in [2.75, 3.05) is 6.54 Å². The molecule has 168 valence electrons. The Morgan fingerprint density at radius 2 is 1.67 bits per heavy atom. The van der Waals surface area contributed by atoms with Crippen LogP contribution in [0.4, 0.5) is 0 Å². The van der Waals surface area contributed by atoms with E-state index in [1.54, 1.807) is 0 Å². The lowest BCUT2D eigenvalue weighted by Crippen LogP contribution is -2.36. The SMILES string of the molecule is Cc1cccc(C)c1-c1nc(Cl)c(CN2CCc3ccccc3C2c2cccc(Cl)c2)n1C. The molecule has 1 aliphatic rings. The molecule has 0 saturated carbocycles. The first kappa shape index (κ1) is 22.2. The van der Waals surface area contributed by atoms with Crippen molar-refractivity contribution in [1.82, 2.24) is 14.5 Å². The number of halogens is 2. The number of aryl methyl sites for hydroxylation is 2. The summed E-state index contributed by atoms with van der Waals surface area (Å²) in [4.78, 5) is 7.30. The number of benzene rings is 3. The van der Waals surface area contributed by atoms with Crippen molar-refractivity contribution in [1.29, 1.82) is 0 Å². The average molecular weight is 476 g/mol. The highest BCUT2D eigenvalue weighted by Crippen LogP contribution is 2.38. The van der Waals surface area contributed by atoms with Gasteiger partial charge < -0.3 is 4.57 Å². The predicted octanol–water partition coefficient (Wildman–Crippen LogP) is 7.16. The number of rotatable bonds is 4. The molecular weight excluding hydrogens is 449 g/mol. The maximum atomic E-state index is 6.76. The fraction of sp³-hybridized carbons (Fsp3) is 0.250. The zero-order chi connectivity index (χ0) is 23.1. The van der Waals surface area contributed by atoms with Crippen molar-refractivity contribution in [3.8, 4) is 11.4 Å². The molecule has 1 aromatic heterocycles. The van der Waals surface area contributed by atoms with Gasteiger partial charge >= 0.3 is 0 Å². The minimum absolute atomic E-state index is 0.114. The maximum absolute atomic E-state index is 6.76. The summed E-state index contributed by atoms with van der Waals surface area (Å²) in [7, 11) is 2.07. The van der Waals surface area contributed by atoms with Gasteiger partial charge in [0.15, 0.2) is 5.15 Å². The first-order chi connectivity index (χ1) is 15.9. The molecule has 0 bridgehead atoms. The second-order valence-electron chi connectivity index (χ2n) is 8.88. The van der Waals surface area contributed by atoms with Crippen LogP contribution in [0.25, 0.3) is 11.4 Å². The van der Waals surface area contributed by atoms with Gasteiger partial charge in [0.05, 0.1) is 11.7 Å². The topological polar surface area (TPSA) is 21.1 Å². The van der Waals surface area contributed by atoms with E-state index in [4.69, 9.17) is 28.2 Å². The molecule has 0 saturated heterocycles. The van der Waals surface area contributed by atoms with Gasteiger partial charge in [-0.2, -0.15) is 0 Å². The number of hydrogen-bond donors (Lipinski definition) is 0. The molecule has 3 nitrogen and oxygen atoms in total. The smallest absolute Gasteiger partial charge is 0.152 e. The van der Waals surface area contributed by atoms with Gasteiger partial charge in [-0.05, 0) is 60.2 Å². The lowest BCUT2D eigenvalue weighted by atomic mass is 9.88. The minimum atomic E-state index is 0.114. The van der Waals surface area contributed by atoms with Crippen LogP contribution in [0.1, 0.15) is 39.6 Å². The number of aromatic nitrogens is 2. The van der Waals surface area contributed by atoms with Gasteiger partial charge in [-0.1, -0.05) is 77.8 Å². The Balaban J connectivity index is 1.57. The van der Waals surface area contributed by atoms with Crippen molar-refractivity contribution >= 4 is 23.2 Å². The molecule has 5 rings (SSSR count). The number of nitrogens with zero attached hydrogens (tertiary/aromatic N) is 3. The summed E-state index contributed by atoms with van der Waals surface area (Å²) in [5.41, 5.74) is 8.52. The lowest BCUT2D eigenvalue weighted by Gasteiger charge is -2.38. The van der Waals surface area contributed by atoms with E-state index in [1.165, 1.54) is 27.8 Å². The highest BCUT2D eigenvalue weighted by molar-refractivity contribution is 6.30. The second kappa shape index (κ2) is 8.98. The van der Waals surface area contributed by atoms with Crippen LogP contribution in [0.15, 0.2) is 66.7 Å².